The third-order valence-electron chi connectivity index (χ3n) is 6.79. The van der Waals surface area contributed by atoms with Crippen LogP contribution in [0.4, 0.5) is 13.2 Å². The van der Waals surface area contributed by atoms with E-state index in [0.717, 1.165) is 18.0 Å². The first-order valence-electron chi connectivity index (χ1n) is 12.1. The molecule has 0 aliphatic carbocycles. The Hall–Kier alpha value is -4.09. The molecule has 4 aromatic heterocycles. The first-order chi connectivity index (χ1) is 18.9. The third-order valence-corrected chi connectivity index (χ3v) is 7.22. The predicted octanol–water partition coefficient (Wildman–Crippen LogP) is 5.33. The van der Waals surface area contributed by atoms with Crippen LogP contribution in [0.25, 0.3) is 10.9 Å². The first kappa shape index (κ1) is 27.5. The molecule has 1 N–H and O–H groups in total. The maximum Gasteiger partial charge on any atom is 0.433 e. The van der Waals surface area contributed by atoms with E-state index in [9.17, 15) is 18.3 Å². The number of methoxy groups -OCH3 is 1. The van der Waals surface area contributed by atoms with Crippen molar-refractivity contribution in [2.45, 2.75) is 32.0 Å². The Morgan fingerprint density at radius 3 is 2.40 bits per heavy atom. The normalized spacial score (nSPS) is 13.4. The van der Waals surface area contributed by atoms with Crippen molar-refractivity contribution in [1.29, 1.82) is 0 Å². The highest BCUT2D eigenvalue weighted by Crippen LogP contribution is 2.41. The van der Waals surface area contributed by atoms with Crippen molar-refractivity contribution in [2.75, 3.05) is 7.11 Å². The van der Waals surface area contributed by atoms with Gasteiger partial charge in [-0.3, -0.25) is 9.97 Å². The summed E-state index contributed by atoms with van der Waals surface area (Å²) in [4.78, 5) is 12.7. The number of ether oxygens (including phenoxy) is 1. The molecule has 0 aliphatic rings. The van der Waals surface area contributed by atoms with Gasteiger partial charge in [0.1, 0.15) is 5.69 Å². The van der Waals surface area contributed by atoms with Crippen LogP contribution in [0.1, 0.15) is 45.0 Å². The molecule has 8 nitrogen and oxygen atoms in total. The number of aliphatic hydroxyl groups is 1. The van der Waals surface area contributed by atoms with Gasteiger partial charge >= 0.3 is 6.18 Å². The number of fused-ring (bicyclic) bond motifs is 1. The number of hydrogen-bond acceptors (Lipinski definition) is 7. The number of alkyl halides is 3. The van der Waals surface area contributed by atoms with Gasteiger partial charge < -0.3 is 9.84 Å². The zero-order valence-corrected chi connectivity index (χ0v) is 22.7. The van der Waals surface area contributed by atoms with Crippen LogP contribution in [0.3, 0.4) is 0 Å². The molecule has 1 unspecified atom stereocenters. The van der Waals surface area contributed by atoms with Crippen LogP contribution in [-0.2, 0) is 25.2 Å². The Bertz CT molecular complexity index is 1720. The molecule has 1 aromatic carbocycles. The molecule has 0 saturated heterocycles. The van der Waals surface area contributed by atoms with Crippen LogP contribution >= 0.6 is 11.6 Å². The maximum atomic E-state index is 13.0. The summed E-state index contributed by atoms with van der Waals surface area (Å²) in [6.07, 6.45) is -1.78. The fourth-order valence-corrected chi connectivity index (χ4v) is 5.12. The molecule has 0 amide bonds. The number of rotatable bonds is 6. The molecule has 0 aliphatic heterocycles. The molecular weight excluding hydrogens is 545 g/mol. The van der Waals surface area contributed by atoms with Crippen LogP contribution in [0.15, 0.2) is 54.9 Å². The molecule has 0 bridgehead atoms. The Morgan fingerprint density at radius 2 is 1.80 bits per heavy atom. The monoisotopic (exact) mass is 568 g/mol. The topological polar surface area (TPSA) is 98.8 Å². The fraction of sp³-hybridized carbons (Fsp3) is 0.250. The molecular formula is C28H24ClF3N6O2. The number of hydrogen-bond donors (Lipinski definition) is 1. The van der Waals surface area contributed by atoms with Crippen molar-refractivity contribution in [3.63, 3.8) is 0 Å². The highest BCUT2D eigenvalue weighted by atomic mass is 35.5. The van der Waals surface area contributed by atoms with Crippen LogP contribution in [-0.4, -0.2) is 42.2 Å². The molecule has 5 rings (SSSR count). The quantitative estimate of drug-likeness (QED) is 0.296. The zero-order chi connectivity index (χ0) is 28.8. The first-order valence-corrected chi connectivity index (χ1v) is 12.5. The van der Waals surface area contributed by atoms with Crippen LogP contribution in [0.5, 0.6) is 5.88 Å². The van der Waals surface area contributed by atoms with E-state index in [1.165, 1.54) is 24.1 Å². The smallest absolute Gasteiger partial charge is 0.433 e. The second-order valence-corrected chi connectivity index (χ2v) is 9.79. The minimum Gasteiger partial charge on any atom is -0.481 e. The largest absolute Gasteiger partial charge is 0.481 e. The van der Waals surface area contributed by atoms with Crippen LogP contribution < -0.4 is 4.74 Å². The summed E-state index contributed by atoms with van der Waals surface area (Å²) >= 11 is 6.91. The van der Waals surface area contributed by atoms with Gasteiger partial charge in [-0.15, -0.1) is 5.10 Å². The van der Waals surface area contributed by atoms with E-state index in [1.807, 2.05) is 26.0 Å². The van der Waals surface area contributed by atoms with E-state index >= 15 is 0 Å². The van der Waals surface area contributed by atoms with Gasteiger partial charge in [-0.05, 0) is 49.2 Å². The molecule has 0 radical (unpaired) electrons. The molecule has 1 atom stereocenters. The minimum absolute atomic E-state index is 0.122. The summed E-state index contributed by atoms with van der Waals surface area (Å²) < 4.78 is 45.9. The van der Waals surface area contributed by atoms with Crippen LogP contribution in [0.2, 0.25) is 5.02 Å². The second kappa shape index (κ2) is 10.1. The molecule has 4 heterocycles. The maximum absolute atomic E-state index is 13.0. The van der Waals surface area contributed by atoms with E-state index in [-0.39, 0.29) is 17.3 Å². The van der Waals surface area contributed by atoms with Crippen molar-refractivity contribution in [3.05, 3.63) is 105 Å². The predicted molar refractivity (Wildman–Crippen MR) is 142 cm³/mol. The number of nitrogens with zero attached hydrogens (tertiary/aromatic N) is 6. The highest BCUT2D eigenvalue weighted by Gasteiger charge is 2.39. The summed E-state index contributed by atoms with van der Waals surface area (Å²) in [5, 5.41) is 21.2. The summed E-state index contributed by atoms with van der Waals surface area (Å²) in [7, 11) is 3.12. The lowest BCUT2D eigenvalue weighted by molar-refractivity contribution is -0.141. The number of aromatic nitrogens is 6. The van der Waals surface area contributed by atoms with E-state index in [4.69, 9.17) is 16.3 Å². The zero-order valence-electron chi connectivity index (χ0n) is 22.0. The highest BCUT2D eigenvalue weighted by molar-refractivity contribution is 6.36. The van der Waals surface area contributed by atoms with Gasteiger partial charge in [-0.1, -0.05) is 35.0 Å². The van der Waals surface area contributed by atoms with E-state index in [2.05, 4.69) is 25.3 Å². The molecule has 206 valence electrons. The van der Waals surface area contributed by atoms with Gasteiger partial charge in [-0.2, -0.15) is 13.2 Å². The van der Waals surface area contributed by atoms with Crippen molar-refractivity contribution < 1.29 is 23.0 Å². The molecule has 12 heteroatoms. The SMILES string of the molecule is COc1nc2ccc(C(O)(c3ccc(C)nc3C)c3cnnn3C)cc2c(Cl)c1Cc1ccc(C(F)(F)F)nc1. The van der Waals surface area contributed by atoms with Crippen molar-refractivity contribution in [2.24, 2.45) is 7.05 Å². The van der Waals surface area contributed by atoms with Crippen molar-refractivity contribution in [3.8, 4) is 5.88 Å². The lowest BCUT2D eigenvalue weighted by atomic mass is 9.82. The number of halogens is 4. The Balaban J connectivity index is 1.68. The van der Waals surface area contributed by atoms with Crippen LogP contribution in [0, 0.1) is 13.8 Å². The molecule has 0 saturated carbocycles. The lowest BCUT2D eigenvalue weighted by Crippen LogP contribution is -2.32. The van der Waals surface area contributed by atoms with E-state index in [0.29, 0.717) is 44.5 Å². The summed E-state index contributed by atoms with van der Waals surface area (Å²) in [5.41, 5.74) is 1.62. The summed E-state index contributed by atoms with van der Waals surface area (Å²) in [6, 6.07) is 11.1. The van der Waals surface area contributed by atoms with E-state index < -0.39 is 17.5 Å². The van der Waals surface area contributed by atoms with Gasteiger partial charge in [0.25, 0.3) is 0 Å². The Labute approximate surface area is 232 Å². The number of benzene rings is 1. The molecule has 5 aromatic rings. The number of pyridine rings is 3. The second-order valence-electron chi connectivity index (χ2n) is 9.41. The summed E-state index contributed by atoms with van der Waals surface area (Å²) in [5.74, 6) is 0.231. The van der Waals surface area contributed by atoms with Gasteiger partial charge in [0, 0.05) is 47.6 Å². The summed E-state index contributed by atoms with van der Waals surface area (Å²) in [6.45, 7) is 3.68. The lowest BCUT2D eigenvalue weighted by Gasteiger charge is -2.30. The number of aryl methyl sites for hydroxylation is 3. The van der Waals surface area contributed by atoms with Gasteiger partial charge in [0.05, 0.1) is 29.5 Å². The van der Waals surface area contributed by atoms with Crippen molar-refractivity contribution >= 4 is 22.5 Å². The molecule has 0 fully saturated rings. The Morgan fingerprint density at radius 1 is 1.02 bits per heavy atom. The van der Waals surface area contributed by atoms with Gasteiger partial charge in [-0.25, -0.2) is 9.67 Å². The Kier molecular flexibility index (Phi) is 6.97. The van der Waals surface area contributed by atoms with E-state index in [1.54, 1.807) is 25.2 Å². The average molecular weight is 569 g/mol. The molecule has 40 heavy (non-hydrogen) atoms. The fourth-order valence-electron chi connectivity index (χ4n) is 4.82. The molecule has 0 spiro atoms. The average Bonchev–Trinajstić information content (AvgIpc) is 3.35. The van der Waals surface area contributed by atoms with Crippen molar-refractivity contribution in [1.82, 2.24) is 29.9 Å². The van der Waals surface area contributed by atoms with Gasteiger partial charge in [0.15, 0.2) is 5.60 Å². The minimum atomic E-state index is -4.54. The standard InChI is InChI=1S/C28H24ClF3N6O2/c1-15-5-8-21(16(2)35-15)27(39,24-14-34-37-38(24)3)18-7-9-22-19(12-18)25(29)20(26(36-22)40-4)11-17-6-10-23(33-13-17)28(30,31)32/h5-10,12-14,39H,11H2,1-4H3. The van der Waals surface area contributed by atoms with Gasteiger partial charge in [0.2, 0.25) is 5.88 Å². The third kappa shape index (κ3) is 4.75.